The number of pyridine rings is 1. The molecule has 0 saturated carbocycles. The molecule has 0 bridgehead atoms. The van der Waals surface area contributed by atoms with E-state index < -0.39 is 0 Å². The summed E-state index contributed by atoms with van der Waals surface area (Å²) in [5, 5.41) is 0. The minimum Gasteiger partial charge on any atom is -0.383 e. The van der Waals surface area contributed by atoms with Crippen molar-refractivity contribution in [3.63, 3.8) is 0 Å². The third-order valence-corrected chi connectivity index (χ3v) is 3.90. The zero-order chi connectivity index (χ0) is 15.9. The fourth-order valence-electron chi connectivity index (χ4n) is 2.54. The van der Waals surface area contributed by atoms with Crippen LogP contribution < -0.4 is 0 Å². The third kappa shape index (κ3) is 4.50. The van der Waals surface area contributed by atoms with Gasteiger partial charge in [0.2, 0.25) is 5.91 Å². The van der Waals surface area contributed by atoms with Gasteiger partial charge < -0.3 is 14.4 Å². The van der Waals surface area contributed by atoms with Gasteiger partial charge in [-0.15, -0.1) is 0 Å². The van der Waals surface area contributed by atoms with Crippen LogP contribution in [-0.4, -0.2) is 68.2 Å². The minimum atomic E-state index is -0.0245. The molecule has 1 amide bonds. The molecular weight excluding hydrogens is 282 g/mol. The number of fused-ring (bicyclic) bond motifs is 1. The lowest BCUT2D eigenvalue weighted by Gasteiger charge is -2.29. The van der Waals surface area contributed by atoms with Crippen LogP contribution in [0.25, 0.3) is 0 Å². The SMILES string of the molecule is COCCN1CCc2c(COCC(=O)N(C)C)cncc2C1. The Morgan fingerprint density at radius 1 is 1.41 bits per heavy atom. The van der Waals surface area contributed by atoms with Gasteiger partial charge in [-0.1, -0.05) is 0 Å². The highest BCUT2D eigenvalue weighted by Crippen LogP contribution is 2.22. The number of rotatable bonds is 7. The molecule has 1 aromatic rings. The van der Waals surface area contributed by atoms with E-state index in [1.807, 2.05) is 12.4 Å². The van der Waals surface area contributed by atoms with E-state index in [4.69, 9.17) is 9.47 Å². The van der Waals surface area contributed by atoms with E-state index in [1.165, 1.54) is 16.0 Å². The molecule has 1 aliphatic rings. The Balaban J connectivity index is 1.93. The molecule has 1 aromatic heterocycles. The fraction of sp³-hybridized carbons (Fsp3) is 0.625. The summed E-state index contributed by atoms with van der Waals surface area (Å²) >= 11 is 0. The maximum Gasteiger partial charge on any atom is 0.248 e. The van der Waals surface area contributed by atoms with Crippen LogP contribution in [0.4, 0.5) is 0 Å². The molecule has 6 heteroatoms. The van der Waals surface area contributed by atoms with Crippen LogP contribution in [0.1, 0.15) is 16.7 Å². The first-order chi connectivity index (χ1) is 10.6. The largest absolute Gasteiger partial charge is 0.383 e. The number of amides is 1. The van der Waals surface area contributed by atoms with E-state index in [0.717, 1.165) is 38.2 Å². The summed E-state index contributed by atoms with van der Waals surface area (Å²) in [5.74, 6) is -0.0245. The van der Waals surface area contributed by atoms with Gasteiger partial charge in [0.15, 0.2) is 0 Å². The van der Waals surface area contributed by atoms with Crippen LogP contribution in [0.15, 0.2) is 12.4 Å². The van der Waals surface area contributed by atoms with Crippen molar-refractivity contribution >= 4 is 5.91 Å². The molecule has 2 heterocycles. The number of likely N-dealkylation sites (N-methyl/N-ethyl adjacent to an activating group) is 1. The van der Waals surface area contributed by atoms with Crippen molar-refractivity contribution in [1.29, 1.82) is 0 Å². The molecule has 0 N–H and O–H groups in total. The summed E-state index contributed by atoms with van der Waals surface area (Å²) in [6, 6.07) is 0. The zero-order valence-corrected chi connectivity index (χ0v) is 13.7. The van der Waals surface area contributed by atoms with E-state index in [-0.39, 0.29) is 12.5 Å². The van der Waals surface area contributed by atoms with Crippen molar-refractivity contribution in [3.8, 4) is 0 Å². The van der Waals surface area contributed by atoms with E-state index in [9.17, 15) is 4.79 Å². The summed E-state index contributed by atoms with van der Waals surface area (Å²) in [4.78, 5) is 19.7. The van der Waals surface area contributed by atoms with Gasteiger partial charge in [-0.25, -0.2) is 0 Å². The molecule has 22 heavy (non-hydrogen) atoms. The second-order valence-corrected chi connectivity index (χ2v) is 5.74. The van der Waals surface area contributed by atoms with Gasteiger partial charge in [0.25, 0.3) is 0 Å². The molecule has 2 rings (SSSR count). The number of ether oxygens (including phenoxy) is 2. The Hall–Kier alpha value is -1.50. The summed E-state index contributed by atoms with van der Waals surface area (Å²) in [7, 11) is 5.18. The first-order valence-corrected chi connectivity index (χ1v) is 7.55. The molecule has 0 fully saturated rings. The van der Waals surface area contributed by atoms with Gasteiger partial charge in [0.1, 0.15) is 6.61 Å². The average Bonchev–Trinajstić information content (AvgIpc) is 2.52. The molecule has 1 aliphatic heterocycles. The molecule has 6 nitrogen and oxygen atoms in total. The van der Waals surface area contributed by atoms with Gasteiger partial charge in [0.05, 0.1) is 13.2 Å². The maximum absolute atomic E-state index is 11.5. The van der Waals surface area contributed by atoms with E-state index in [2.05, 4.69) is 9.88 Å². The molecule has 0 radical (unpaired) electrons. The van der Waals surface area contributed by atoms with E-state index in [0.29, 0.717) is 6.61 Å². The van der Waals surface area contributed by atoms with Crippen molar-refractivity contribution in [2.75, 3.05) is 47.5 Å². The predicted octanol–water partition coefficient (Wildman–Crippen LogP) is 0.691. The molecule has 0 aliphatic carbocycles. The van der Waals surface area contributed by atoms with Crippen LogP contribution >= 0.6 is 0 Å². The minimum absolute atomic E-state index is 0.0245. The number of methoxy groups -OCH3 is 1. The topological polar surface area (TPSA) is 54.9 Å². The van der Waals surface area contributed by atoms with E-state index in [1.54, 1.807) is 21.2 Å². The Morgan fingerprint density at radius 2 is 2.23 bits per heavy atom. The van der Waals surface area contributed by atoms with Gasteiger partial charge in [-0.2, -0.15) is 0 Å². The first kappa shape index (κ1) is 16.9. The first-order valence-electron chi connectivity index (χ1n) is 7.55. The van der Waals surface area contributed by atoms with Crippen LogP contribution in [0.5, 0.6) is 0 Å². The molecule has 0 spiro atoms. The standard InChI is InChI=1S/C16H25N3O3/c1-18(2)16(20)12-22-11-14-9-17-8-13-10-19(6-7-21-3)5-4-15(13)14/h8-9H,4-7,10-12H2,1-3H3. The van der Waals surface area contributed by atoms with Gasteiger partial charge in [0, 0.05) is 53.2 Å². The molecule has 0 unspecified atom stereocenters. The molecular formula is C16H25N3O3. The Bertz CT molecular complexity index is 505. The average molecular weight is 307 g/mol. The number of hydrogen-bond donors (Lipinski definition) is 0. The quantitative estimate of drug-likeness (QED) is 0.742. The van der Waals surface area contributed by atoms with Gasteiger partial charge in [-0.3, -0.25) is 14.7 Å². The van der Waals surface area contributed by atoms with Crippen molar-refractivity contribution in [2.45, 2.75) is 19.6 Å². The van der Waals surface area contributed by atoms with Crippen molar-refractivity contribution < 1.29 is 14.3 Å². The van der Waals surface area contributed by atoms with Crippen LogP contribution in [-0.2, 0) is 33.8 Å². The molecule has 0 saturated heterocycles. The third-order valence-electron chi connectivity index (χ3n) is 3.90. The molecule has 0 aromatic carbocycles. The van der Waals surface area contributed by atoms with Crippen molar-refractivity contribution in [3.05, 3.63) is 29.1 Å². The van der Waals surface area contributed by atoms with Gasteiger partial charge in [-0.05, 0) is 23.1 Å². The smallest absolute Gasteiger partial charge is 0.248 e. The lowest BCUT2D eigenvalue weighted by atomic mass is 9.97. The van der Waals surface area contributed by atoms with Crippen LogP contribution in [0, 0.1) is 0 Å². The van der Waals surface area contributed by atoms with Crippen molar-refractivity contribution in [2.24, 2.45) is 0 Å². The predicted molar refractivity (Wildman–Crippen MR) is 83.4 cm³/mol. The lowest BCUT2D eigenvalue weighted by Crippen LogP contribution is -2.33. The van der Waals surface area contributed by atoms with E-state index >= 15 is 0 Å². The number of nitrogens with zero attached hydrogens (tertiary/aromatic N) is 3. The second-order valence-electron chi connectivity index (χ2n) is 5.74. The summed E-state index contributed by atoms with van der Waals surface area (Å²) in [6.45, 7) is 4.15. The van der Waals surface area contributed by atoms with Gasteiger partial charge >= 0.3 is 0 Å². The van der Waals surface area contributed by atoms with Crippen LogP contribution in [0.2, 0.25) is 0 Å². The number of hydrogen-bond acceptors (Lipinski definition) is 5. The lowest BCUT2D eigenvalue weighted by molar-refractivity contribution is -0.133. The Kier molecular flexibility index (Phi) is 6.30. The monoisotopic (exact) mass is 307 g/mol. The number of carbonyl (C=O) groups excluding carboxylic acids is 1. The molecule has 0 atom stereocenters. The van der Waals surface area contributed by atoms with Crippen molar-refractivity contribution in [1.82, 2.24) is 14.8 Å². The highest BCUT2D eigenvalue weighted by Gasteiger charge is 2.19. The number of carbonyl (C=O) groups is 1. The fourth-order valence-corrected chi connectivity index (χ4v) is 2.54. The highest BCUT2D eigenvalue weighted by atomic mass is 16.5. The molecule has 122 valence electrons. The number of aromatic nitrogens is 1. The maximum atomic E-state index is 11.5. The highest BCUT2D eigenvalue weighted by molar-refractivity contribution is 5.76. The van der Waals surface area contributed by atoms with Crippen LogP contribution in [0.3, 0.4) is 0 Å². The normalized spacial score (nSPS) is 14.7. The summed E-state index contributed by atoms with van der Waals surface area (Å²) in [6.07, 6.45) is 4.77. The summed E-state index contributed by atoms with van der Waals surface area (Å²) < 4.78 is 10.7. The summed E-state index contributed by atoms with van der Waals surface area (Å²) in [5.41, 5.74) is 3.67. The Morgan fingerprint density at radius 3 is 2.95 bits per heavy atom. The second kappa shape index (κ2) is 8.22. The zero-order valence-electron chi connectivity index (χ0n) is 13.7. The Labute approximate surface area is 132 Å².